The van der Waals surface area contributed by atoms with Gasteiger partial charge < -0.3 is 15.7 Å². The fourth-order valence-electron chi connectivity index (χ4n) is 3.69. The summed E-state index contributed by atoms with van der Waals surface area (Å²) in [6.45, 7) is 3.81. The molecule has 0 aromatic carbocycles. The van der Waals surface area contributed by atoms with E-state index in [0.717, 1.165) is 44.5 Å². The van der Waals surface area contributed by atoms with Gasteiger partial charge in [0.1, 0.15) is 0 Å². The van der Waals surface area contributed by atoms with Crippen LogP contribution < -0.4 is 10.6 Å². The van der Waals surface area contributed by atoms with Crippen LogP contribution in [0.2, 0.25) is 5.02 Å². The van der Waals surface area contributed by atoms with E-state index < -0.39 is 0 Å². The van der Waals surface area contributed by atoms with Gasteiger partial charge in [-0.25, -0.2) is 0 Å². The largest absolute Gasteiger partial charge is 0.393 e. The highest BCUT2D eigenvalue weighted by molar-refractivity contribution is 6.34. The second-order valence-electron chi connectivity index (χ2n) is 6.84. The molecule has 2 aliphatic rings. The Morgan fingerprint density at radius 1 is 1.39 bits per heavy atom. The summed E-state index contributed by atoms with van der Waals surface area (Å²) in [5.74, 6) is 0.588. The molecule has 2 heterocycles. The predicted octanol–water partition coefficient (Wildman–Crippen LogP) is 1.25. The van der Waals surface area contributed by atoms with Gasteiger partial charge in [-0.15, -0.1) is 0 Å². The first-order chi connectivity index (χ1) is 11.0. The maximum Gasteiger partial charge on any atom is 0.273 e. The zero-order valence-corrected chi connectivity index (χ0v) is 14.4. The van der Waals surface area contributed by atoms with Gasteiger partial charge in [-0.05, 0) is 57.5 Å². The van der Waals surface area contributed by atoms with Crippen LogP contribution in [0.15, 0.2) is 0 Å². The summed E-state index contributed by atoms with van der Waals surface area (Å²) in [4.78, 5) is 12.7. The molecule has 1 saturated carbocycles. The van der Waals surface area contributed by atoms with Crippen molar-refractivity contribution in [2.75, 3.05) is 13.1 Å². The molecular weight excluding hydrogens is 316 g/mol. The molecule has 1 aromatic rings. The van der Waals surface area contributed by atoms with Crippen molar-refractivity contribution in [2.24, 2.45) is 18.9 Å². The minimum absolute atomic E-state index is 0.0892. The van der Waals surface area contributed by atoms with Gasteiger partial charge in [0.05, 0.1) is 16.8 Å². The van der Waals surface area contributed by atoms with Gasteiger partial charge in [-0.1, -0.05) is 11.6 Å². The number of halogens is 1. The highest BCUT2D eigenvalue weighted by Gasteiger charge is 2.39. The van der Waals surface area contributed by atoms with Crippen LogP contribution in [0.5, 0.6) is 0 Å². The van der Waals surface area contributed by atoms with Crippen molar-refractivity contribution < 1.29 is 9.90 Å². The van der Waals surface area contributed by atoms with Gasteiger partial charge in [0.25, 0.3) is 5.91 Å². The average Bonchev–Trinajstić information content (AvgIpc) is 2.78. The summed E-state index contributed by atoms with van der Waals surface area (Å²) in [5.41, 5.74) is 1.08. The Labute approximate surface area is 141 Å². The van der Waals surface area contributed by atoms with E-state index in [1.54, 1.807) is 11.7 Å². The van der Waals surface area contributed by atoms with E-state index in [0.29, 0.717) is 22.6 Å². The Bertz CT molecular complexity index is 577. The number of carbonyl (C=O) groups is 1. The number of rotatable bonds is 4. The van der Waals surface area contributed by atoms with Crippen molar-refractivity contribution in [2.45, 2.75) is 44.8 Å². The molecule has 7 heteroatoms. The first-order valence-corrected chi connectivity index (χ1v) is 8.74. The van der Waals surface area contributed by atoms with Crippen LogP contribution in [0.3, 0.4) is 0 Å². The number of aromatic nitrogens is 2. The minimum atomic E-state index is -0.221. The van der Waals surface area contributed by atoms with E-state index in [1.807, 2.05) is 6.92 Å². The SMILES string of the molecule is Cc1c(Cl)c(C(=O)NC(C2CCNCC2)C2CC(O)C2)nn1C. The molecule has 1 aromatic heterocycles. The number of nitrogens with zero attached hydrogens (tertiary/aromatic N) is 2. The highest BCUT2D eigenvalue weighted by Crippen LogP contribution is 2.36. The van der Waals surface area contributed by atoms with Gasteiger partial charge in [0.2, 0.25) is 0 Å². The van der Waals surface area contributed by atoms with Crippen molar-refractivity contribution in [1.29, 1.82) is 0 Å². The molecule has 1 aliphatic heterocycles. The summed E-state index contributed by atoms with van der Waals surface area (Å²) < 4.78 is 1.63. The lowest BCUT2D eigenvalue weighted by Gasteiger charge is -2.43. The molecule has 0 bridgehead atoms. The summed E-state index contributed by atoms with van der Waals surface area (Å²) in [7, 11) is 1.78. The zero-order valence-electron chi connectivity index (χ0n) is 13.7. The van der Waals surface area contributed by atoms with Gasteiger partial charge in [0.15, 0.2) is 5.69 Å². The molecule has 2 fully saturated rings. The standard InChI is InChI=1S/C16H25ClN4O2/c1-9-13(17)15(20-21(9)2)16(23)19-14(11-7-12(22)8-11)10-3-5-18-6-4-10/h10-12,14,18,22H,3-8H2,1-2H3,(H,19,23). The van der Waals surface area contributed by atoms with Crippen molar-refractivity contribution in [1.82, 2.24) is 20.4 Å². The Balaban J connectivity index is 1.74. The molecule has 1 aliphatic carbocycles. The smallest absolute Gasteiger partial charge is 0.273 e. The lowest BCUT2D eigenvalue weighted by Crippen LogP contribution is -2.53. The van der Waals surface area contributed by atoms with Crippen molar-refractivity contribution in [3.63, 3.8) is 0 Å². The molecule has 3 rings (SSSR count). The quantitative estimate of drug-likeness (QED) is 0.770. The topological polar surface area (TPSA) is 79.2 Å². The number of carbonyl (C=O) groups excluding carboxylic acids is 1. The predicted molar refractivity (Wildman–Crippen MR) is 88.5 cm³/mol. The number of aryl methyl sites for hydroxylation is 1. The summed E-state index contributed by atoms with van der Waals surface area (Å²) >= 11 is 6.23. The van der Waals surface area contributed by atoms with E-state index in [2.05, 4.69) is 15.7 Å². The number of piperidine rings is 1. The van der Waals surface area contributed by atoms with Crippen LogP contribution in [0.1, 0.15) is 41.9 Å². The first-order valence-electron chi connectivity index (χ1n) is 8.36. The van der Waals surface area contributed by atoms with E-state index >= 15 is 0 Å². The second kappa shape index (κ2) is 6.79. The molecule has 0 spiro atoms. The van der Waals surface area contributed by atoms with E-state index in [-0.39, 0.29) is 18.1 Å². The first kappa shape index (κ1) is 16.7. The van der Waals surface area contributed by atoms with E-state index in [1.165, 1.54) is 0 Å². The van der Waals surface area contributed by atoms with Gasteiger partial charge >= 0.3 is 0 Å². The molecule has 23 heavy (non-hydrogen) atoms. The molecule has 6 nitrogen and oxygen atoms in total. The van der Waals surface area contributed by atoms with Gasteiger partial charge in [0, 0.05) is 13.1 Å². The molecule has 1 unspecified atom stereocenters. The Morgan fingerprint density at radius 2 is 2.04 bits per heavy atom. The Kier molecular flexibility index (Phi) is 4.94. The van der Waals surface area contributed by atoms with Crippen molar-refractivity contribution in [3.8, 4) is 0 Å². The van der Waals surface area contributed by atoms with E-state index in [4.69, 9.17) is 11.6 Å². The summed E-state index contributed by atoms with van der Waals surface area (Å²) in [6, 6.07) is 0.0892. The van der Waals surface area contributed by atoms with Gasteiger partial charge in [-0.3, -0.25) is 9.48 Å². The van der Waals surface area contributed by atoms with Crippen LogP contribution in [-0.2, 0) is 7.05 Å². The van der Waals surface area contributed by atoms with Crippen LogP contribution in [0, 0.1) is 18.8 Å². The number of hydrogen-bond acceptors (Lipinski definition) is 4. The minimum Gasteiger partial charge on any atom is -0.393 e. The number of hydrogen-bond donors (Lipinski definition) is 3. The Hall–Kier alpha value is -1.11. The molecule has 1 atom stereocenters. The second-order valence-corrected chi connectivity index (χ2v) is 7.22. The fraction of sp³-hybridized carbons (Fsp3) is 0.750. The third-order valence-corrected chi connectivity index (χ3v) is 5.78. The molecule has 0 radical (unpaired) electrons. The molecule has 1 amide bonds. The van der Waals surface area contributed by atoms with Crippen LogP contribution in [0.4, 0.5) is 0 Å². The number of aliphatic hydroxyl groups excluding tert-OH is 1. The van der Waals surface area contributed by atoms with Crippen molar-refractivity contribution >= 4 is 17.5 Å². The third-order valence-electron chi connectivity index (χ3n) is 5.32. The lowest BCUT2D eigenvalue weighted by atomic mass is 9.71. The monoisotopic (exact) mass is 340 g/mol. The zero-order chi connectivity index (χ0) is 16.6. The number of nitrogens with one attached hydrogen (secondary N) is 2. The molecule has 3 N–H and O–H groups in total. The summed E-state index contributed by atoms with van der Waals surface area (Å²) in [6.07, 6.45) is 3.41. The molecular formula is C16H25ClN4O2. The highest BCUT2D eigenvalue weighted by atomic mass is 35.5. The fourth-order valence-corrected chi connectivity index (χ4v) is 3.94. The maximum absolute atomic E-state index is 12.7. The van der Waals surface area contributed by atoms with Gasteiger partial charge in [-0.2, -0.15) is 5.10 Å². The number of aliphatic hydroxyl groups is 1. The normalized spacial score (nSPS) is 26.6. The number of amides is 1. The average molecular weight is 341 g/mol. The molecule has 1 saturated heterocycles. The third kappa shape index (κ3) is 3.39. The Morgan fingerprint density at radius 3 is 2.57 bits per heavy atom. The van der Waals surface area contributed by atoms with E-state index in [9.17, 15) is 9.90 Å². The van der Waals surface area contributed by atoms with Crippen molar-refractivity contribution in [3.05, 3.63) is 16.4 Å². The molecule has 128 valence electrons. The summed E-state index contributed by atoms with van der Waals surface area (Å²) in [5, 5.41) is 20.8. The van der Waals surface area contributed by atoms with Crippen LogP contribution in [0.25, 0.3) is 0 Å². The van der Waals surface area contributed by atoms with Crippen LogP contribution in [-0.4, -0.2) is 46.0 Å². The van der Waals surface area contributed by atoms with Crippen LogP contribution >= 0.6 is 11.6 Å². The maximum atomic E-state index is 12.7. The lowest BCUT2D eigenvalue weighted by molar-refractivity contribution is 0.00912.